The van der Waals surface area contributed by atoms with Gasteiger partial charge in [-0.3, -0.25) is 4.79 Å². The van der Waals surface area contributed by atoms with Crippen molar-refractivity contribution in [3.05, 3.63) is 63.6 Å². The summed E-state index contributed by atoms with van der Waals surface area (Å²) < 4.78 is 0. The normalized spacial score (nSPS) is 11.0. The lowest BCUT2D eigenvalue weighted by molar-refractivity contribution is -0.117. The summed E-state index contributed by atoms with van der Waals surface area (Å²) in [6.07, 6.45) is 2.01. The van der Waals surface area contributed by atoms with E-state index in [9.17, 15) is 9.90 Å². The van der Waals surface area contributed by atoms with Gasteiger partial charge in [-0.1, -0.05) is 47.5 Å². The molecule has 2 rings (SSSR count). The molecule has 0 saturated heterocycles. The molecule has 108 valence electrons. The Bertz CT molecular complexity index is 663. The van der Waals surface area contributed by atoms with Gasteiger partial charge in [-0.2, -0.15) is 0 Å². The predicted octanol–water partition coefficient (Wildman–Crippen LogP) is 4.28. The van der Waals surface area contributed by atoms with E-state index >= 15 is 0 Å². The second-order valence-corrected chi connectivity index (χ2v) is 5.23. The van der Waals surface area contributed by atoms with Crippen LogP contribution in [0.2, 0.25) is 10.0 Å². The minimum absolute atomic E-state index is 0.184. The van der Waals surface area contributed by atoms with Gasteiger partial charge in [0.2, 0.25) is 5.91 Å². The van der Waals surface area contributed by atoms with E-state index in [1.54, 1.807) is 36.4 Å². The Morgan fingerprint density at radius 3 is 2.43 bits per heavy atom. The summed E-state index contributed by atoms with van der Waals surface area (Å²) >= 11 is 12.0. The van der Waals surface area contributed by atoms with Crippen molar-refractivity contribution in [2.75, 3.05) is 0 Å². The summed E-state index contributed by atoms with van der Waals surface area (Å²) in [5.41, 5.74) is 1.24. The van der Waals surface area contributed by atoms with Gasteiger partial charge in [0, 0.05) is 18.2 Å². The highest BCUT2D eigenvalue weighted by molar-refractivity contribution is 6.38. The number of phenols is 1. The number of aryl methyl sites for hydroxylation is 1. The molecule has 0 aliphatic carbocycles. The maximum Gasteiger partial charge on any atom is 0.245 e. The first kappa shape index (κ1) is 15.5. The van der Waals surface area contributed by atoms with Crippen molar-refractivity contribution in [3.8, 4) is 5.75 Å². The highest BCUT2D eigenvalue weighted by Gasteiger charge is 2.06. The number of nitrogens with zero attached hydrogens (tertiary/aromatic N) is 1. The Morgan fingerprint density at radius 2 is 1.76 bits per heavy atom. The Kier molecular flexibility index (Phi) is 5.37. The highest BCUT2D eigenvalue weighted by Crippen LogP contribution is 2.22. The Morgan fingerprint density at radius 1 is 1.10 bits per heavy atom. The molecule has 0 fully saturated rings. The minimum atomic E-state index is -0.297. The van der Waals surface area contributed by atoms with Crippen LogP contribution in [0.5, 0.6) is 5.75 Å². The zero-order valence-electron chi connectivity index (χ0n) is 11.1. The first-order valence-corrected chi connectivity index (χ1v) is 7.11. The average Bonchev–Trinajstić information content (AvgIpc) is 2.46. The van der Waals surface area contributed by atoms with Crippen LogP contribution in [0.1, 0.15) is 17.5 Å². The van der Waals surface area contributed by atoms with Gasteiger partial charge in [0.15, 0.2) is 0 Å². The molecule has 0 atom stereocenters. The number of benzene rings is 2. The number of phenolic OH excluding ortho intramolecular Hbond substituents is 1. The van der Waals surface area contributed by atoms with E-state index in [1.807, 2.05) is 6.07 Å². The molecule has 0 heterocycles. The third-order valence-corrected chi connectivity index (χ3v) is 3.60. The summed E-state index contributed by atoms with van der Waals surface area (Å²) in [7, 11) is 0. The number of aromatic hydroxyl groups is 1. The van der Waals surface area contributed by atoms with E-state index in [4.69, 9.17) is 23.2 Å². The highest BCUT2D eigenvalue weighted by atomic mass is 35.5. The minimum Gasteiger partial charge on any atom is -0.508 e. The van der Waals surface area contributed by atoms with Crippen molar-refractivity contribution in [1.29, 1.82) is 0 Å². The Balaban J connectivity index is 1.99. The molecule has 0 unspecified atom stereocenters. The summed E-state index contributed by atoms with van der Waals surface area (Å²) in [6.45, 7) is 0. The molecule has 2 aromatic rings. The molecular weight excluding hydrogens is 309 g/mol. The molecule has 0 saturated carbocycles. The first-order chi connectivity index (χ1) is 10.1. The molecule has 3 nitrogen and oxygen atoms in total. The molecule has 21 heavy (non-hydrogen) atoms. The number of carbonyl (C=O) groups is 1. The van der Waals surface area contributed by atoms with Crippen molar-refractivity contribution in [2.45, 2.75) is 12.8 Å². The van der Waals surface area contributed by atoms with Gasteiger partial charge in [0.1, 0.15) is 5.75 Å². The van der Waals surface area contributed by atoms with Crippen LogP contribution in [0.25, 0.3) is 0 Å². The van der Waals surface area contributed by atoms with Gasteiger partial charge < -0.3 is 5.11 Å². The smallest absolute Gasteiger partial charge is 0.245 e. The quantitative estimate of drug-likeness (QED) is 0.854. The summed E-state index contributed by atoms with van der Waals surface area (Å²) in [5, 5.41) is 10.5. The van der Waals surface area contributed by atoms with E-state index in [1.165, 1.54) is 6.21 Å². The monoisotopic (exact) mass is 321 g/mol. The number of aliphatic imine (C=N–C) groups is 1. The summed E-state index contributed by atoms with van der Waals surface area (Å²) in [4.78, 5) is 15.6. The average molecular weight is 322 g/mol. The molecule has 0 aliphatic rings. The second-order valence-electron chi connectivity index (χ2n) is 4.42. The molecular formula is C16H13Cl2NO2. The molecule has 0 aromatic heterocycles. The topological polar surface area (TPSA) is 49.7 Å². The van der Waals surface area contributed by atoms with Crippen LogP contribution in [-0.4, -0.2) is 17.2 Å². The number of amides is 1. The summed E-state index contributed by atoms with van der Waals surface area (Å²) in [5.74, 6) is -0.113. The third kappa shape index (κ3) is 4.31. The van der Waals surface area contributed by atoms with Crippen molar-refractivity contribution < 1.29 is 9.90 Å². The molecule has 5 heteroatoms. The van der Waals surface area contributed by atoms with Crippen LogP contribution < -0.4 is 0 Å². The van der Waals surface area contributed by atoms with Crippen molar-refractivity contribution in [1.82, 2.24) is 0 Å². The Hall–Kier alpha value is -1.84. The number of hydrogen-bond acceptors (Lipinski definition) is 2. The van der Waals surface area contributed by atoms with Crippen molar-refractivity contribution in [2.24, 2.45) is 4.99 Å². The van der Waals surface area contributed by atoms with Crippen LogP contribution in [0.4, 0.5) is 0 Å². The number of rotatable bonds is 4. The second kappa shape index (κ2) is 7.25. The van der Waals surface area contributed by atoms with Gasteiger partial charge >= 0.3 is 0 Å². The fourth-order valence-corrected chi connectivity index (χ4v) is 2.29. The van der Waals surface area contributed by atoms with Gasteiger partial charge in [-0.15, -0.1) is 0 Å². The molecule has 0 aliphatic heterocycles. The van der Waals surface area contributed by atoms with Gasteiger partial charge in [0.05, 0.1) is 10.0 Å². The van der Waals surface area contributed by atoms with Crippen molar-refractivity contribution >= 4 is 35.3 Å². The van der Waals surface area contributed by atoms with E-state index in [2.05, 4.69) is 4.99 Å². The number of halogens is 2. The van der Waals surface area contributed by atoms with E-state index in [0.717, 1.165) is 5.56 Å². The van der Waals surface area contributed by atoms with E-state index in [0.29, 0.717) is 22.0 Å². The molecule has 2 aromatic carbocycles. The fourth-order valence-electron chi connectivity index (χ4n) is 1.80. The summed E-state index contributed by atoms with van der Waals surface area (Å²) in [6, 6.07) is 12.0. The standard InChI is InChI=1S/C16H13Cl2NO2/c17-13-5-3-6-14(18)12(13)10-19-16(21)9-8-11-4-1-2-7-15(11)20/h1-7,10,20H,8-9H2. The zero-order valence-corrected chi connectivity index (χ0v) is 12.6. The number of para-hydroxylation sites is 1. The van der Waals surface area contributed by atoms with Gasteiger partial charge in [-0.25, -0.2) is 4.99 Å². The molecule has 0 radical (unpaired) electrons. The first-order valence-electron chi connectivity index (χ1n) is 6.35. The third-order valence-electron chi connectivity index (χ3n) is 2.94. The maximum absolute atomic E-state index is 11.8. The lowest BCUT2D eigenvalue weighted by Gasteiger charge is -2.02. The lowest BCUT2D eigenvalue weighted by atomic mass is 10.1. The van der Waals surface area contributed by atoms with Crippen LogP contribution in [0.15, 0.2) is 47.5 Å². The van der Waals surface area contributed by atoms with E-state index in [-0.39, 0.29) is 18.1 Å². The fraction of sp³-hybridized carbons (Fsp3) is 0.125. The van der Waals surface area contributed by atoms with Gasteiger partial charge in [-0.05, 0) is 30.2 Å². The van der Waals surface area contributed by atoms with E-state index < -0.39 is 0 Å². The molecule has 0 bridgehead atoms. The maximum atomic E-state index is 11.8. The SMILES string of the molecule is O=C(CCc1ccccc1O)N=Cc1c(Cl)cccc1Cl. The largest absolute Gasteiger partial charge is 0.508 e. The number of carbonyl (C=O) groups excluding carboxylic acids is 1. The molecule has 1 N–H and O–H groups in total. The zero-order chi connectivity index (χ0) is 15.2. The number of hydrogen-bond donors (Lipinski definition) is 1. The molecule has 0 spiro atoms. The van der Waals surface area contributed by atoms with Crippen LogP contribution in [0.3, 0.4) is 0 Å². The van der Waals surface area contributed by atoms with Gasteiger partial charge in [0.25, 0.3) is 0 Å². The Labute approximate surface area is 132 Å². The molecule has 1 amide bonds. The lowest BCUT2D eigenvalue weighted by Crippen LogP contribution is -1.98. The van der Waals surface area contributed by atoms with Crippen LogP contribution in [0, 0.1) is 0 Å². The predicted molar refractivity (Wildman–Crippen MR) is 85.5 cm³/mol. The van der Waals surface area contributed by atoms with Crippen LogP contribution in [-0.2, 0) is 11.2 Å². The van der Waals surface area contributed by atoms with Crippen molar-refractivity contribution in [3.63, 3.8) is 0 Å². The van der Waals surface area contributed by atoms with Crippen LogP contribution >= 0.6 is 23.2 Å².